The molecule has 1 aromatic carbocycles. The molecule has 0 atom stereocenters. The SMILES string of the molecule is COc1ccc(CNC(=O)c2cccnc2Sc2ccccc2)cn1. The van der Waals surface area contributed by atoms with Crippen LogP contribution in [0.25, 0.3) is 0 Å². The first-order chi connectivity index (χ1) is 12.3. The molecule has 25 heavy (non-hydrogen) atoms. The van der Waals surface area contributed by atoms with Crippen LogP contribution in [-0.4, -0.2) is 23.0 Å². The molecule has 0 aliphatic heterocycles. The number of ether oxygens (including phenoxy) is 1. The maximum atomic E-state index is 12.5. The molecule has 0 saturated carbocycles. The van der Waals surface area contributed by atoms with Gasteiger partial charge in [0.1, 0.15) is 5.03 Å². The molecule has 0 spiro atoms. The van der Waals surface area contributed by atoms with Crippen LogP contribution in [0.2, 0.25) is 0 Å². The standard InChI is InChI=1S/C19H17N3O2S/c1-24-17-10-9-14(12-21-17)13-22-18(23)16-8-5-11-20-19(16)25-15-6-3-2-4-7-15/h2-12H,13H2,1H3,(H,22,23). The summed E-state index contributed by atoms with van der Waals surface area (Å²) in [7, 11) is 1.57. The van der Waals surface area contributed by atoms with Crippen LogP contribution in [0.1, 0.15) is 15.9 Å². The first-order valence-corrected chi connectivity index (χ1v) is 8.53. The van der Waals surface area contributed by atoms with Gasteiger partial charge in [-0.05, 0) is 29.8 Å². The normalized spacial score (nSPS) is 10.3. The van der Waals surface area contributed by atoms with Crippen LogP contribution in [0.3, 0.4) is 0 Å². The molecule has 126 valence electrons. The lowest BCUT2D eigenvalue weighted by molar-refractivity contribution is 0.0947. The number of rotatable bonds is 6. The summed E-state index contributed by atoms with van der Waals surface area (Å²) in [6, 6.07) is 17.0. The monoisotopic (exact) mass is 351 g/mol. The zero-order valence-electron chi connectivity index (χ0n) is 13.7. The minimum atomic E-state index is -0.164. The molecule has 0 aliphatic carbocycles. The fourth-order valence-corrected chi connectivity index (χ4v) is 3.06. The molecule has 0 aliphatic rings. The highest BCUT2D eigenvalue weighted by Crippen LogP contribution is 2.28. The van der Waals surface area contributed by atoms with Crippen LogP contribution in [0.5, 0.6) is 5.88 Å². The highest BCUT2D eigenvalue weighted by atomic mass is 32.2. The number of hydrogen-bond acceptors (Lipinski definition) is 5. The third kappa shape index (κ3) is 4.58. The number of aromatic nitrogens is 2. The number of carbonyl (C=O) groups excluding carboxylic acids is 1. The van der Waals surface area contributed by atoms with Gasteiger partial charge in [0, 0.05) is 29.9 Å². The van der Waals surface area contributed by atoms with Crippen molar-refractivity contribution in [2.75, 3.05) is 7.11 Å². The molecule has 0 fully saturated rings. The van der Waals surface area contributed by atoms with E-state index in [0.717, 1.165) is 10.5 Å². The molecule has 3 rings (SSSR count). The van der Waals surface area contributed by atoms with E-state index in [1.54, 1.807) is 37.7 Å². The lowest BCUT2D eigenvalue weighted by Gasteiger charge is -2.09. The molecule has 0 unspecified atom stereocenters. The minimum Gasteiger partial charge on any atom is -0.481 e. The molecule has 5 nitrogen and oxygen atoms in total. The quantitative estimate of drug-likeness (QED) is 0.735. The Balaban J connectivity index is 1.69. The molecule has 0 saturated heterocycles. The van der Waals surface area contributed by atoms with E-state index in [1.165, 1.54) is 11.8 Å². The number of methoxy groups -OCH3 is 1. The molecule has 6 heteroatoms. The van der Waals surface area contributed by atoms with Gasteiger partial charge in [0.2, 0.25) is 5.88 Å². The zero-order chi connectivity index (χ0) is 17.5. The van der Waals surface area contributed by atoms with Crippen LogP contribution in [-0.2, 0) is 6.54 Å². The van der Waals surface area contributed by atoms with Gasteiger partial charge in [-0.15, -0.1) is 0 Å². The van der Waals surface area contributed by atoms with Crippen molar-refractivity contribution in [1.82, 2.24) is 15.3 Å². The van der Waals surface area contributed by atoms with Crippen molar-refractivity contribution in [1.29, 1.82) is 0 Å². The summed E-state index contributed by atoms with van der Waals surface area (Å²) in [5, 5.41) is 3.59. The Morgan fingerprint density at radius 1 is 1.08 bits per heavy atom. The van der Waals surface area contributed by atoms with Crippen molar-refractivity contribution in [3.8, 4) is 5.88 Å². The van der Waals surface area contributed by atoms with E-state index < -0.39 is 0 Å². The molecule has 0 radical (unpaired) electrons. The second-order valence-electron chi connectivity index (χ2n) is 5.16. The van der Waals surface area contributed by atoms with Crippen LogP contribution in [0.4, 0.5) is 0 Å². The zero-order valence-corrected chi connectivity index (χ0v) is 14.5. The lowest BCUT2D eigenvalue weighted by Crippen LogP contribution is -2.23. The summed E-state index contributed by atoms with van der Waals surface area (Å²) in [5.74, 6) is 0.381. The summed E-state index contributed by atoms with van der Waals surface area (Å²) in [4.78, 5) is 22.1. The number of nitrogens with one attached hydrogen (secondary N) is 1. The van der Waals surface area contributed by atoms with Crippen molar-refractivity contribution < 1.29 is 9.53 Å². The van der Waals surface area contributed by atoms with E-state index in [-0.39, 0.29) is 5.91 Å². The summed E-state index contributed by atoms with van der Waals surface area (Å²) in [6.45, 7) is 0.389. The van der Waals surface area contributed by atoms with Crippen LogP contribution >= 0.6 is 11.8 Å². The summed E-state index contributed by atoms with van der Waals surface area (Å²) >= 11 is 1.47. The molecular weight excluding hydrogens is 334 g/mol. The molecule has 0 bridgehead atoms. The second kappa shape index (κ2) is 8.30. The Labute approximate surface area is 150 Å². The minimum absolute atomic E-state index is 0.164. The number of hydrogen-bond donors (Lipinski definition) is 1. The third-order valence-corrected chi connectivity index (χ3v) is 4.46. The first kappa shape index (κ1) is 17.0. The van der Waals surface area contributed by atoms with Crippen molar-refractivity contribution in [2.45, 2.75) is 16.5 Å². The number of benzene rings is 1. The van der Waals surface area contributed by atoms with E-state index in [1.807, 2.05) is 36.4 Å². The Hall–Kier alpha value is -2.86. The van der Waals surface area contributed by atoms with Gasteiger partial charge >= 0.3 is 0 Å². The number of carbonyl (C=O) groups is 1. The van der Waals surface area contributed by atoms with Crippen molar-refractivity contribution >= 4 is 17.7 Å². The highest BCUT2D eigenvalue weighted by Gasteiger charge is 2.13. The molecule has 1 amide bonds. The Morgan fingerprint density at radius 3 is 2.64 bits per heavy atom. The van der Waals surface area contributed by atoms with Crippen molar-refractivity contribution in [2.24, 2.45) is 0 Å². The summed E-state index contributed by atoms with van der Waals surface area (Å²) in [6.07, 6.45) is 3.37. The van der Waals surface area contributed by atoms with Crippen LogP contribution in [0.15, 0.2) is 76.9 Å². The average Bonchev–Trinajstić information content (AvgIpc) is 2.68. The van der Waals surface area contributed by atoms with E-state index in [2.05, 4.69) is 15.3 Å². The van der Waals surface area contributed by atoms with Crippen LogP contribution in [0, 0.1) is 0 Å². The second-order valence-corrected chi connectivity index (χ2v) is 6.22. The molecule has 3 aromatic rings. The smallest absolute Gasteiger partial charge is 0.254 e. The molecule has 1 N–H and O–H groups in total. The van der Waals surface area contributed by atoms with Gasteiger partial charge in [-0.25, -0.2) is 9.97 Å². The van der Waals surface area contributed by atoms with Crippen LogP contribution < -0.4 is 10.1 Å². The van der Waals surface area contributed by atoms with E-state index in [0.29, 0.717) is 23.0 Å². The largest absolute Gasteiger partial charge is 0.481 e. The lowest BCUT2D eigenvalue weighted by atomic mass is 10.2. The molecular formula is C19H17N3O2S. The average molecular weight is 351 g/mol. The Kier molecular flexibility index (Phi) is 5.64. The van der Waals surface area contributed by atoms with Gasteiger partial charge in [-0.1, -0.05) is 36.0 Å². The fourth-order valence-electron chi connectivity index (χ4n) is 2.16. The van der Waals surface area contributed by atoms with Gasteiger partial charge in [-0.2, -0.15) is 0 Å². The first-order valence-electron chi connectivity index (χ1n) is 7.71. The van der Waals surface area contributed by atoms with E-state index >= 15 is 0 Å². The predicted octanol–water partition coefficient (Wildman–Crippen LogP) is 3.57. The summed E-state index contributed by atoms with van der Waals surface area (Å²) < 4.78 is 5.03. The number of pyridine rings is 2. The Bertz CT molecular complexity index is 839. The molecule has 2 heterocycles. The van der Waals surface area contributed by atoms with Crippen molar-refractivity contribution in [3.05, 3.63) is 78.1 Å². The van der Waals surface area contributed by atoms with Crippen molar-refractivity contribution in [3.63, 3.8) is 0 Å². The topological polar surface area (TPSA) is 64.1 Å². The highest BCUT2D eigenvalue weighted by molar-refractivity contribution is 7.99. The Morgan fingerprint density at radius 2 is 1.92 bits per heavy atom. The van der Waals surface area contributed by atoms with Gasteiger partial charge in [0.25, 0.3) is 5.91 Å². The third-order valence-electron chi connectivity index (χ3n) is 3.43. The van der Waals surface area contributed by atoms with Gasteiger partial charge < -0.3 is 10.1 Å². The van der Waals surface area contributed by atoms with Gasteiger partial charge in [-0.3, -0.25) is 4.79 Å². The van der Waals surface area contributed by atoms with Gasteiger partial charge in [0.05, 0.1) is 12.7 Å². The molecule has 2 aromatic heterocycles. The maximum Gasteiger partial charge on any atom is 0.254 e. The van der Waals surface area contributed by atoms with E-state index in [4.69, 9.17) is 4.74 Å². The number of nitrogens with zero attached hydrogens (tertiary/aromatic N) is 2. The predicted molar refractivity (Wildman–Crippen MR) is 96.8 cm³/mol. The maximum absolute atomic E-state index is 12.5. The number of amides is 1. The summed E-state index contributed by atoms with van der Waals surface area (Å²) in [5.41, 5.74) is 1.45. The fraction of sp³-hybridized carbons (Fsp3) is 0.105. The van der Waals surface area contributed by atoms with E-state index in [9.17, 15) is 4.79 Å². The van der Waals surface area contributed by atoms with Gasteiger partial charge in [0.15, 0.2) is 0 Å².